The van der Waals surface area contributed by atoms with E-state index in [0.717, 1.165) is 11.5 Å². The fourth-order valence-corrected chi connectivity index (χ4v) is 2.37. The van der Waals surface area contributed by atoms with Crippen LogP contribution >= 0.6 is 11.5 Å². The number of nitrogens with one attached hydrogen (secondary N) is 1. The monoisotopic (exact) mass is 273 g/mol. The van der Waals surface area contributed by atoms with Crippen molar-refractivity contribution in [1.29, 1.82) is 0 Å². The van der Waals surface area contributed by atoms with Crippen molar-refractivity contribution in [2.45, 2.75) is 5.88 Å². The van der Waals surface area contributed by atoms with Gasteiger partial charge in [0.15, 0.2) is 22.5 Å². The molecule has 0 aliphatic rings. The van der Waals surface area contributed by atoms with Crippen molar-refractivity contribution in [3.63, 3.8) is 0 Å². The van der Waals surface area contributed by atoms with Crippen LogP contribution < -0.4 is 10.3 Å². The van der Waals surface area contributed by atoms with Gasteiger partial charge in [0.2, 0.25) is 5.88 Å². The van der Waals surface area contributed by atoms with Gasteiger partial charge in [0, 0.05) is 17.7 Å². The third kappa shape index (κ3) is 3.19. The standard InChI is InChI=1S/C8H7N3O4S2/c12-8-9-7(16-10-8)6-1-3-11(4-2-6)5-17(13,14)15/h1-4H,5H2,(H-,10,12,13,14,15). The summed E-state index contributed by atoms with van der Waals surface area (Å²) in [5.41, 5.74) is 0.247. The van der Waals surface area contributed by atoms with Crippen LogP contribution in [-0.2, 0) is 16.0 Å². The van der Waals surface area contributed by atoms with Crippen LogP contribution in [0.5, 0.6) is 0 Å². The molecule has 0 aliphatic carbocycles. The Balaban J connectivity index is 2.27. The molecule has 2 rings (SSSR count). The molecule has 17 heavy (non-hydrogen) atoms. The van der Waals surface area contributed by atoms with Crippen molar-refractivity contribution in [3.05, 3.63) is 35.0 Å². The molecule has 0 saturated carbocycles. The summed E-state index contributed by atoms with van der Waals surface area (Å²) < 4.78 is 35.3. The van der Waals surface area contributed by atoms with Gasteiger partial charge < -0.3 is 4.55 Å². The summed E-state index contributed by atoms with van der Waals surface area (Å²) in [6.45, 7) is 0. The van der Waals surface area contributed by atoms with Gasteiger partial charge in [-0.25, -0.2) is 13.2 Å². The van der Waals surface area contributed by atoms with Crippen LogP contribution in [0.15, 0.2) is 29.3 Å². The molecular formula is C8H7N3O4S2. The SMILES string of the molecule is O=c1nc(-c2cc[n+](CS(=O)(=O)[O-])cc2)s[nH]1. The molecule has 0 unspecified atom stereocenters. The zero-order valence-electron chi connectivity index (χ0n) is 8.36. The number of pyridine rings is 1. The Morgan fingerprint density at radius 3 is 2.53 bits per heavy atom. The molecule has 7 nitrogen and oxygen atoms in total. The average molecular weight is 273 g/mol. The van der Waals surface area contributed by atoms with E-state index < -0.39 is 21.7 Å². The van der Waals surface area contributed by atoms with E-state index >= 15 is 0 Å². The number of rotatable bonds is 3. The second-order valence-electron chi connectivity index (χ2n) is 3.21. The minimum atomic E-state index is -4.31. The number of hydrogen-bond acceptors (Lipinski definition) is 6. The predicted molar refractivity (Wildman–Crippen MR) is 58.1 cm³/mol. The Labute approximate surface area is 100 Å². The molecule has 0 aliphatic heterocycles. The summed E-state index contributed by atoms with van der Waals surface area (Å²) >= 11 is 1.08. The van der Waals surface area contributed by atoms with E-state index in [9.17, 15) is 17.8 Å². The third-order valence-corrected chi connectivity index (χ3v) is 3.29. The van der Waals surface area contributed by atoms with Gasteiger partial charge in [-0.3, -0.25) is 4.37 Å². The predicted octanol–water partition coefficient (Wildman–Crippen LogP) is -0.711. The molecule has 2 aromatic rings. The van der Waals surface area contributed by atoms with Crippen molar-refractivity contribution < 1.29 is 17.5 Å². The number of hydrogen-bond donors (Lipinski definition) is 1. The van der Waals surface area contributed by atoms with Crippen LogP contribution in [0.4, 0.5) is 0 Å². The van der Waals surface area contributed by atoms with Crippen molar-refractivity contribution in [2.75, 3.05) is 0 Å². The van der Waals surface area contributed by atoms with E-state index in [2.05, 4.69) is 9.36 Å². The maximum Gasteiger partial charge on any atom is 0.355 e. The Morgan fingerprint density at radius 2 is 2.06 bits per heavy atom. The summed E-state index contributed by atoms with van der Waals surface area (Å²) in [5, 5.41) is 0.507. The Hall–Kier alpha value is -1.58. The van der Waals surface area contributed by atoms with Crippen molar-refractivity contribution in [3.8, 4) is 10.6 Å². The second-order valence-corrected chi connectivity index (χ2v) is 5.38. The summed E-state index contributed by atoms with van der Waals surface area (Å²) in [6.07, 6.45) is 2.88. The highest BCUT2D eigenvalue weighted by molar-refractivity contribution is 7.84. The largest absolute Gasteiger partial charge is 0.743 e. The van der Waals surface area contributed by atoms with Gasteiger partial charge in [-0.2, -0.15) is 9.55 Å². The number of H-pyrrole nitrogens is 1. The molecule has 2 heterocycles. The highest BCUT2D eigenvalue weighted by atomic mass is 32.2. The van der Waals surface area contributed by atoms with Gasteiger partial charge in [-0.05, 0) is 11.5 Å². The zero-order valence-corrected chi connectivity index (χ0v) is 9.99. The van der Waals surface area contributed by atoms with Crippen LogP contribution in [0.3, 0.4) is 0 Å². The maximum atomic E-state index is 10.8. The number of nitrogens with zero attached hydrogens (tertiary/aromatic N) is 2. The van der Waals surface area contributed by atoms with Crippen molar-refractivity contribution in [2.24, 2.45) is 0 Å². The Bertz CT molecular complexity index is 671. The van der Waals surface area contributed by atoms with E-state index in [1.807, 2.05) is 0 Å². The van der Waals surface area contributed by atoms with Crippen LogP contribution in [0.1, 0.15) is 0 Å². The van der Waals surface area contributed by atoms with Crippen LogP contribution in [0.25, 0.3) is 10.6 Å². The molecule has 0 fully saturated rings. The lowest BCUT2D eigenvalue weighted by Crippen LogP contribution is -2.36. The van der Waals surface area contributed by atoms with Crippen molar-refractivity contribution >= 4 is 21.7 Å². The molecule has 0 atom stereocenters. The lowest BCUT2D eigenvalue weighted by Gasteiger charge is -2.02. The van der Waals surface area contributed by atoms with Gasteiger partial charge in [0.25, 0.3) is 0 Å². The highest BCUT2D eigenvalue weighted by Crippen LogP contribution is 2.16. The molecule has 0 bridgehead atoms. The third-order valence-electron chi connectivity index (χ3n) is 1.88. The van der Waals surface area contributed by atoms with E-state index in [1.165, 1.54) is 17.0 Å². The van der Waals surface area contributed by atoms with E-state index in [4.69, 9.17) is 0 Å². The van der Waals surface area contributed by atoms with Gasteiger partial charge >= 0.3 is 5.69 Å². The molecule has 0 saturated heterocycles. The van der Waals surface area contributed by atoms with Gasteiger partial charge in [0.05, 0.1) is 0 Å². The first kappa shape index (κ1) is 11.9. The Morgan fingerprint density at radius 1 is 1.41 bits per heavy atom. The fourth-order valence-electron chi connectivity index (χ4n) is 1.22. The van der Waals surface area contributed by atoms with Crippen LogP contribution in [0.2, 0.25) is 0 Å². The average Bonchev–Trinajstić information content (AvgIpc) is 2.63. The molecule has 9 heteroatoms. The Kier molecular flexibility index (Phi) is 3.05. The zero-order chi connectivity index (χ0) is 12.5. The van der Waals surface area contributed by atoms with E-state index in [-0.39, 0.29) is 0 Å². The topological polar surface area (TPSA) is 107 Å². The normalized spacial score (nSPS) is 11.6. The van der Waals surface area contributed by atoms with Gasteiger partial charge in [-0.1, -0.05) is 0 Å². The van der Waals surface area contributed by atoms with Crippen LogP contribution in [-0.4, -0.2) is 22.3 Å². The molecule has 0 radical (unpaired) electrons. The van der Waals surface area contributed by atoms with Gasteiger partial charge in [-0.15, -0.1) is 0 Å². The molecule has 90 valence electrons. The first-order valence-electron chi connectivity index (χ1n) is 4.42. The minimum absolute atomic E-state index is 0.427. The molecule has 2 aromatic heterocycles. The van der Waals surface area contributed by atoms with E-state index in [0.29, 0.717) is 10.6 Å². The fraction of sp³-hybridized carbons (Fsp3) is 0.125. The molecule has 0 spiro atoms. The number of aromatic amines is 1. The lowest BCUT2D eigenvalue weighted by atomic mass is 10.3. The number of aromatic nitrogens is 3. The van der Waals surface area contributed by atoms with E-state index in [1.54, 1.807) is 12.1 Å². The maximum absolute atomic E-state index is 10.8. The summed E-state index contributed by atoms with van der Waals surface area (Å²) in [6, 6.07) is 3.16. The summed E-state index contributed by atoms with van der Waals surface area (Å²) in [5.74, 6) is -0.621. The molecule has 0 aromatic carbocycles. The second kappa shape index (κ2) is 4.35. The van der Waals surface area contributed by atoms with Gasteiger partial charge in [0.1, 0.15) is 5.01 Å². The molecule has 0 amide bonds. The molecular weight excluding hydrogens is 266 g/mol. The first-order valence-corrected chi connectivity index (χ1v) is 6.82. The lowest BCUT2D eigenvalue weighted by molar-refractivity contribution is -0.678. The highest BCUT2D eigenvalue weighted by Gasteiger charge is 2.08. The van der Waals surface area contributed by atoms with Crippen molar-refractivity contribution in [1.82, 2.24) is 9.36 Å². The molecule has 1 N–H and O–H groups in total. The summed E-state index contributed by atoms with van der Waals surface area (Å²) in [7, 11) is -4.31. The summed E-state index contributed by atoms with van der Waals surface area (Å²) in [4.78, 5) is 14.5. The first-order chi connectivity index (χ1) is 7.94. The van der Waals surface area contributed by atoms with Crippen LogP contribution in [0, 0.1) is 0 Å². The quantitative estimate of drug-likeness (QED) is 0.587. The minimum Gasteiger partial charge on any atom is -0.743 e. The smallest absolute Gasteiger partial charge is 0.355 e.